The van der Waals surface area contributed by atoms with E-state index in [0.717, 1.165) is 6.54 Å². The predicted molar refractivity (Wildman–Crippen MR) is 68.7 cm³/mol. The van der Waals surface area contributed by atoms with Crippen LogP contribution in [-0.2, 0) is 4.74 Å². The minimum absolute atomic E-state index is 0.0296. The molecule has 3 rings (SSSR count). The molecule has 0 N–H and O–H groups in total. The van der Waals surface area contributed by atoms with E-state index in [2.05, 4.69) is 49.1 Å². The molecule has 0 spiro atoms. The van der Waals surface area contributed by atoms with Gasteiger partial charge in [0.2, 0.25) is 0 Å². The lowest BCUT2D eigenvalue weighted by atomic mass is 9.95. The van der Waals surface area contributed by atoms with Crippen molar-refractivity contribution < 1.29 is 4.74 Å². The molecule has 1 aromatic rings. The van der Waals surface area contributed by atoms with Crippen LogP contribution in [0.4, 0.5) is 0 Å². The average Bonchev–Trinajstić information content (AvgIpc) is 2.69. The molecule has 2 aliphatic heterocycles. The Morgan fingerprint density at radius 1 is 1.29 bits per heavy atom. The molecule has 0 bridgehead atoms. The second-order valence-corrected chi connectivity index (χ2v) is 5.59. The molecule has 17 heavy (non-hydrogen) atoms. The summed E-state index contributed by atoms with van der Waals surface area (Å²) in [6, 6.07) is 11.3. The van der Waals surface area contributed by atoms with Crippen molar-refractivity contribution in [2.45, 2.75) is 51.0 Å². The van der Waals surface area contributed by atoms with E-state index in [1.54, 1.807) is 0 Å². The van der Waals surface area contributed by atoms with Crippen LogP contribution in [0, 0.1) is 0 Å². The fraction of sp³-hybridized carbons (Fsp3) is 0.600. The summed E-state index contributed by atoms with van der Waals surface area (Å²) in [5, 5.41) is 0. The molecule has 92 valence electrons. The van der Waals surface area contributed by atoms with Crippen LogP contribution in [0.2, 0.25) is 0 Å². The van der Waals surface area contributed by atoms with E-state index in [1.165, 1.54) is 24.8 Å². The third-order valence-corrected chi connectivity index (χ3v) is 4.33. The molecule has 0 amide bonds. The fourth-order valence-corrected chi connectivity index (χ4v) is 3.35. The number of hydrogen-bond donors (Lipinski definition) is 0. The second-order valence-electron chi connectivity index (χ2n) is 5.59. The highest BCUT2D eigenvalue weighted by molar-refractivity contribution is 5.19. The van der Waals surface area contributed by atoms with Crippen LogP contribution in [0.15, 0.2) is 30.3 Å². The summed E-state index contributed by atoms with van der Waals surface area (Å²) >= 11 is 0. The lowest BCUT2D eigenvalue weighted by Gasteiger charge is -2.42. The van der Waals surface area contributed by atoms with Crippen molar-refractivity contribution in [1.82, 2.24) is 4.90 Å². The molecule has 0 unspecified atom stereocenters. The minimum atomic E-state index is -0.0296. The van der Waals surface area contributed by atoms with E-state index in [-0.39, 0.29) is 11.8 Å². The zero-order valence-electron chi connectivity index (χ0n) is 10.7. The third-order valence-electron chi connectivity index (χ3n) is 4.33. The van der Waals surface area contributed by atoms with Crippen LogP contribution >= 0.6 is 0 Å². The minimum Gasteiger partial charge on any atom is -0.351 e. The second kappa shape index (κ2) is 4.11. The monoisotopic (exact) mass is 231 g/mol. The molecule has 0 aliphatic carbocycles. The summed E-state index contributed by atoms with van der Waals surface area (Å²) in [6.45, 7) is 5.63. The van der Waals surface area contributed by atoms with Gasteiger partial charge in [0, 0.05) is 12.6 Å². The molecule has 2 heteroatoms. The molecule has 2 saturated heterocycles. The van der Waals surface area contributed by atoms with Gasteiger partial charge >= 0.3 is 0 Å². The highest BCUT2D eigenvalue weighted by Crippen LogP contribution is 2.43. The van der Waals surface area contributed by atoms with Crippen LogP contribution in [-0.4, -0.2) is 23.2 Å². The van der Waals surface area contributed by atoms with Gasteiger partial charge < -0.3 is 4.74 Å². The standard InChI is InChI=1S/C15H21NO/c1-12-7-6-10-15(2)16(12)11-14(17-15)13-8-4-3-5-9-13/h3-5,8-9,12,14H,6-7,10-11H2,1-2H3/t12-,14+,15-/m0/s1. The molecule has 2 heterocycles. The number of nitrogens with zero attached hydrogens (tertiary/aromatic N) is 1. The first-order valence-corrected chi connectivity index (χ1v) is 6.68. The first-order chi connectivity index (χ1) is 8.19. The van der Waals surface area contributed by atoms with E-state index in [4.69, 9.17) is 4.74 Å². The molecule has 0 radical (unpaired) electrons. The summed E-state index contributed by atoms with van der Waals surface area (Å²) in [4.78, 5) is 2.55. The Bertz CT molecular complexity index is 391. The Morgan fingerprint density at radius 2 is 2.06 bits per heavy atom. The predicted octanol–water partition coefficient (Wildman–Crippen LogP) is 3.35. The van der Waals surface area contributed by atoms with E-state index >= 15 is 0 Å². The van der Waals surface area contributed by atoms with Gasteiger partial charge in [0.25, 0.3) is 0 Å². The van der Waals surface area contributed by atoms with Crippen LogP contribution in [0.1, 0.15) is 44.8 Å². The van der Waals surface area contributed by atoms with Crippen LogP contribution in [0.25, 0.3) is 0 Å². The maximum atomic E-state index is 6.34. The topological polar surface area (TPSA) is 12.5 Å². The Balaban J connectivity index is 1.84. The van der Waals surface area contributed by atoms with Gasteiger partial charge in [-0.3, -0.25) is 4.90 Å². The molecular weight excluding hydrogens is 210 g/mol. The first-order valence-electron chi connectivity index (χ1n) is 6.68. The van der Waals surface area contributed by atoms with E-state index in [9.17, 15) is 0 Å². The van der Waals surface area contributed by atoms with E-state index < -0.39 is 0 Å². The number of hydrogen-bond acceptors (Lipinski definition) is 2. The lowest BCUT2D eigenvalue weighted by molar-refractivity contribution is -0.124. The van der Waals surface area contributed by atoms with Gasteiger partial charge in [-0.2, -0.15) is 0 Å². The Kier molecular flexibility index (Phi) is 2.72. The maximum absolute atomic E-state index is 6.34. The van der Waals surface area contributed by atoms with Crippen molar-refractivity contribution in [2.24, 2.45) is 0 Å². The first kappa shape index (κ1) is 11.2. The quantitative estimate of drug-likeness (QED) is 0.735. The van der Waals surface area contributed by atoms with Gasteiger partial charge in [-0.25, -0.2) is 0 Å². The number of piperidine rings is 1. The molecule has 2 fully saturated rings. The molecule has 2 aliphatic rings. The normalized spacial score (nSPS) is 38.0. The van der Waals surface area contributed by atoms with Gasteiger partial charge in [-0.05, 0) is 38.7 Å². The van der Waals surface area contributed by atoms with Crippen molar-refractivity contribution in [3.63, 3.8) is 0 Å². The SMILES string of the molecule is C[C@H]1CCC[C@]2(C)O[C@@H](c3ccccc3)CN12. The zero-order valence-corrected chi connectivity index (χ0v) is 10.7. The van der Waals surface area contributed by atoms with E-state index in [1.807, 2.05) is 0 Å². The summed E-state index contributed by atoms with van der Waals surface area (Å²) in [7, 11) is 0. The van der Waals surface area contributed by atoms with Crippen molar-refractivity contribution in [3.8, 4) is 0 Å². The van der Waals surface area contributed by atoms with Crippen LogP contribution in [0.5, 0.6) is 0 Å². The number of fused-ring (bicyclic) bond motifs is 1. The van der Waals surface area contributed by atoms with Crippen LogP contribution < -0.4 is 0 Å². The van der Waals surface area contributed by atoms with Crippen molar-refractivity contribution >= 4 is 0 Å². The molecule has 2 nitrogen and oxygen atoms in total. The van der Waals surface area contributed by atoms with Gasteiger partial charge in [0.15, 0.2) is 0 Å². The zero-order chi connectivity index (χ0) is 11.9. The van der Waals surface area contributed by atoms with Gasteiger partial charge in [0.1, 0.15) is 5.72 Å². The van der Waals surface area contributed by atoms with Crippen molar-refractivity contribution in [2.75, 3.05) is 6.54 Å². The average molecular weight is 231 g/mol. The lowest BCUT2D eigenvalue weighted by Crippen LogP contribution is -2.50. The number of benzene rings is 1. The molecule has 0 saturated carbocycles. The Morgan fingerprint density at radius 3 is 2.76 bits per heavy atom. The van der Waals surface area contributed by atoms with Gasteiger partial charge in [-0.1, -0.05) is 30.3 Å². The van der Waals surface area contributed by atoms with E-state index in [0.29, 0.717) is 6.04 Å². The summed E-state index contributed by atoms with van der Waals surface area (Å²) in [5.41, 5.74) is 1.29. The number of ether oxygens (including phenoxy) is 1. The Hall–Kier alpha value is -0.860. The molecule has 3 atom stereocenters. The van der Waals surface area contributed by atoms with Gasteiger partial charge in [-0.15, -0.1) is 0 Å². The molecule has 1 aromatic carbocycles. The summed E-state index contributed by atoms with van der Waals surface area (Å²) < 4.78 is 6.34. The smallest absolute Gasteiger partial charge is 0.120 e. The highest BCUT2D eigenvalue weighted by Gasteiger charge is 2.47. The fourth-order valence-electron chi connectivity index (χ4n) is 3.35. The maximum Gasteiger partial charge on any atom is 0.120 e. The Labute approximate surface area is 104 Å². The number of rotatable bonds is 1. The molecule has 0 aromatic heterocycles. The summed E-state index contributed by atoms with van der Waals surface area (Å²) in [6.07, 6.45) is 4.01. The highest BCUT2D eigenvalue weighted by atomic mass is 16.5. The molecular formula is C15H21NO. The van der Waals surface area contributed by atoms with Crippen LogP contribution in [0.3, 0.4) is 0 Å². The largest absolute Gasteiger partial charge is 0.351 e. The van der Waals surface area contributed by atoms with Crippen molar-refractivity contribution in [3.05, 3.63) is 35.9 Å². The third kappa shape index (κ3) is 1.90. The van der Waals surface area contributed by atoms with Gasteiger partial charge in [0.05, 0.1) is 6.10 Å². The summed E-state index contributed by atoms with van der Waals surface area (Å²) in [5.74, 6) is 0. The van der Waals surface area contributed by atoms with Crippen molar-refractivity contribution in [1.29, 1.82) is 0 Å².